The van der Waals surface area contributed by atoms with Crippen LogP contribution >= 0.6 is 0 Å². The van der Waals surface area contributed by atoms with Crippen LogP contribution < -0.4 is 10.6 Å². The number of nitrogens with one attached hydrogen (secondary N) is 2. The Morgan fingerprint density at radius 2 is 1.46 bits per heavy atom. The third kappa shape index (κ3) is 4.31. The molecule has 0 spiro atoms. The van der Waals surface area contributed by atoms with Gasteiger partial charge >= 0.3 is 29.6 Å². The number of hydrogen-bond acceptors (Lipinski definition) is 4. The van der Waals surface area contributed by atoms with Crippen molar-refractivity contribution in [2.45, 2.75) is 13.0 Å². The van der Waals surface area contributed by atoms with E-state index in [-0.39, 0.29) is 36.2 Å². The number of anilines is 3. The van der Waals surface area contributed by atoms with Gasteiger partial charge in [-0.2, -0.15) is 0 Å². The second kappa shape index (κ2) is 9.39. The molecule has 0 fully saturated rings. The van der Waals surface area contributed by atoms with Crippen LogP contribution in [0.5, 0.6) is 0 Å². The van der Waals surface area contributed by atoms with Crippen LogP contribution in [0.4, 0.5) is 17.1 Å². The van der Waals surface area contributed by atoms with Crippen LogP contribution in [0.15, 0.2) is 66.7 Å². The van der Waals surface area contributed by atoms with Gasteiger partial charge in [-0.3, -0.25) is 0 Å². The summed E-state index contributed by atoms with van der Waals surface area (Å²) >= 11 is 0. The van der Waals surface area contributed by atoms with Crippen molar-refractivity contribution in [2.24, 2.45) is 0 Å². The van der Waals surface area contributed by atoms with Crippen molar-refractivity contribution in [1.29, 1.82) is 0 Å². The predicted molar refractivity (Wildman–Crippen MR) is 121 cm³/mol. The Morgan fingerprint density at radius 1 is 0.857 bits per heavy atom. The summed E-state index contributed by atoms with van der Waals surface area (Å²) in [7, 11) is 0. The Balaban J connectivity index is 0.00000225. The van der Waals surface area contributed by atoms with E-state index >= 15 is 0 Å². The summed E-state index contributed by atoms with van der Waals surface area (Å²) in [5.41, 5.74) is 5.67. The van der Waals surface area contributed by atoms with Crippen molar-refractivity contribution >= 4 is 68.4 Å². The normalized spacial score (nSPS) is 10.6. The number of rotatable bonds is 6. The molecule has 0 aliphatic heterocycles. The molecule has 3 N–H and O–H groups in total. The van der Waals surface area contributed by atoms with Crippen molar-refractivity contribution in [3.63, 3.8) is 0 Å². The van der Waals surface area contributed by atoms with Crippen LogP contribution in [0.1, 0.15) is 12.0 Å². The van der Waals surface area contributed by atoms with Gasteiger partial charge in [-0.25, -0.2) is 4.98 Å². The van der Waals surface area contributed by atoms with E-state index in [0.717, 1.165) is 57.4 Å². The van der Waals surface area contributed by atoms with Gasteiger partial charge in [-0.15, -0.1) is 0 Å². The zero-order valence-corrected chi connectivity index (χ0v) is 15.1. The molecule has 28 heavy (non-hydrogen) atoms. The number of fused-ring (bicyclic) bond motifs is 2. The van der Waals surface area contributed by atoms with Gasteiger partial charge in [0.15, 0.2) is 0 Å². The third-order valence-corrected chi connectivity index (χ3v) is 4.54. The van der Waals surface area contributed by atoms with Crippen LogP contribution in [0.2, 0.25) is 0 Å². The minimum absolute atomic E-state index is 0. The van der Waals surface area contributed by atoms with E-state index in [1.54, 1.807) is 0 Å². The summed E-state index contributed by atoms with van der Waals surface area (Å²) in [4.78, 5) is 4.77. The van der Waals surface area contributed by atoms with Gasteiger partial charge in [-0.05, 0) is 42.3 Å². The maximum absolute atomic E-state index is 9.64. The van der Waals surface area contributed by atoms with Crippen molar-refractivity contribution in [3.8, 4) is 0 Å². The first-order chi connectivity index (χ1) is 13.3. The van der Waals surface area contributed by atoms with E-state index in [2.05, 4.69) is 35.8 Å². The maximum atomic E-state index is 9.64. The number of pyridine rings is 1. The molecule has 137 valence electrons. The first kappa shape index (κ1) is 20.6. The van der Waals surface area contributed by atoms with Gasteiger partial charge in [0.1, 0.15) is 0 Å². The first-order valence-corrected chi connectivity index (χ1v) is 9.11. The number of aromatic nitrogens is 1. The summed E-state index contributed by atoms with van der Waals surface area (Å²) in [6.07, 6.45) is 0.797. The average molecular weight is 380 g/mol. The Kier molecular flexibility index (Phi) is 6.92. The van der Waals surface area contributed by atoms with E-state index < -0.39 is 0 Å². The Bertz CT molecular complexity index is 1040. The molecular formula is C23H23N3NaO. The molecule has 1 radical (unpaired) electrons. The number of hydrogen-bond donors (Lipinski definition) is 3. The third-order valence-electron chi connectivity index (χ3n) is 4.54. The summed E-state index contributed by atoms with van der Waals surface area (Å²) in [5.74, 6) is 0. The van der Waals surface area contributed by atoms with E-state index in [1.807, 2.05) is 48.5 Å². The topological polar surface area (TPSA) is 57.2 Å². The molecule has 0 saturated heterocycles. The molecule has 3 aromatic carbocycles. The second-order valence-electron chi connectivity index (χ2n) is 6.50. The standard InChI is InChI=1S/C23H22N3O.Na.H/c1-2-11-24-17-12-16(15-27)13-18(14-17)25-23-19-7-3-5-9-21(19)26-22-10-6-4-8-20(22)23;;/h3-10,12-14,24,27H,1-2,11,15H2,(H,25,26);;. The van der Waals surface area contributed by atoms with Crippen molar-refractivity contribution < 1.29 is 5.11 Å². The SMILES string of the molecule is [CH2]CCNc1cc(CO)cc(Nc2c3ccccc3nc3ccccc23)c1.[NaH]. The Morgan fingerprint density at radius 3 is 2.07 bits per heavy atom. The fourth-order valence-corrected chi connectivity index (χ4v) is 3.31. The zero-order valence-electron chi connectivity index (χ0n) is 15.1. The molecule has 0 bridgehead atoms. The Labute approximate surface area is 187 Å². The molecule has 1 aromatic heterocycles. The van der Waals surface area contributed by atoms with Gasteiger partial charge in [0, 0.05) is 28.7 Å². The molecule has 0 saturated carbocycles. The van der Waals surface area contributed by atoms with Gasteiger partial charge in [-0.1, -0.05) is 43.3 Å². The van der Waals surface area contributed by atoms with Gasteiger partial charge in [0.25, 0.3) is 0 Å². The second-order valence-corrected chi connectivity index (χ2v) is 6.50. The van der Waals surface area contributed by atoms with Crippen LogP contribution in [-0.2, 0) is 6.61 Å². The molecule has 5 heteroatoms. The molecule has 4 aromatic rings. The molecular weight excluding hydrogens is 357 g/mol. The van der Waals surface area contributed by atoms with Gasteiger partial charge in [0.2, 0.25) is 0 Å². The average Bonchev–Trinajstić information content (AvgIpc) is 2.72. The molecule has 0 amide bonds. The summed E-state index contributed by atoms with van der Waals surface area (Å²) in [6, 6.07) is 22.2. The van der Waals surface area contributed by atoms with Crippen LogP contribution in [0, 0.1) is 6.92 Å². The molecule has 0 aliphatic rings. The van der Waals surface area contributed by atoms with Gasteiger partial charge in [0.05, 0.1) is 23.3 Å². The quantitative estimate of drug-likeness (QED) is 0.338. The molecule has 4 rings (SSSR count). The van der Waals surface area contributed by atoms with E-state index in [4.69, 9.17) is 4.98 Å². The monoisotopic (exact) mass is 380 g/mol. The molecule has 4 nitrogen and oxygen atoms in total. The summed E-state index contributed by atoms with van der Waals surface area (Å²) < 4.78 is 0. The van der Waals surface area contributed by atoms with Gasteiger partial charge < -0.3 is 15.7 Å². The summed E-state index contributed by atoms with van der Waals surface area (Å²) in [6.45, 7) is 4.65. The molecule has 0 unspecified atom stereocenters. The molecule has 0 atom stereocenters. The van der Waals surface area contributed by atoms with Crippen molar-refractivity contribution in [2.75, 3.05) is 17.2 Å². The number of nitrogens with zero attached hydrogens (tertiary/aromatic N) is 1. The number of para-hydroxylation sites is 2. The number of benzene rings is 3. The van der Waals surface area contributed by atoms with Crippen LogP contribution in [0.25, 0.3) is 21.8 Å². The fraction of sp³-hybridized carbons (Fsp3) is 0.130. The van der Waals surface area contributed by atoms with E-state index in [1.165, 1.54) is 0 Å². The summed E-state index contributed by atoms with van der Waals surface area (Å²) in [5, 5.41) is 18.7. The molecule has 1 heterocycles. The first-order valence-electron chi connectivity index (χ1n) is 9.11. The van der Waals surface area contributed by atoms with Crippen molar-refractivity contribution in [1.82, 2.24) is 4.98 Å². The number of aliphatic hydroxyl groups excluding tert-OH is 1. The zero-order chi connectivity index (χ0) is 18.6. The predicted octanol–water partition coefficient (Wildman–Crippen LogP) is 4.61. The number of aliphatic hydroxyl groups is 1. The van der Waals surface area contributed by atoms with E-state index in [0.29, 0.717) is 0 Å². The van der Waals surface area contributed by atoms with Crippen LogP contribution in [0.3, 0.4) is 0 Å². The Hall–Kier alpha value is -2.11. The minimum atomic E-state index is -0.00752. The molecule has 0 aliphatic carbocycles. The van der Waals surface area contributed by atoms with Crippen LogP contribution in [-0.4, -0.2) is 46.2 Å². The fourth-order valence-electron chi connectivity index (χ4n) is 3.31. The van der Waals surface area contributed by atoms with E-state index in [9.17, 15) is 5.11 Å². The van der Waals surface area contributed by atoms with Crippen molar-refractivity contribution in [3.05, 3.63) is 79.2 Å².